The van der Waals surface area contributed by atoms with E-state index in [1.54, 1.807) is 0 Å². The number of rotatable bonds is 5. The Balaban J connectivity index is 0.00000256. The minimum atomic E-state index is 0. The van der Waals surface area contributed by atoms with Crippen LogP contribution in [-0.2, 0) is 18.3 Å². The van der Waals surface area contributed by atoms with Gasteiger partial charge in [-0.05, 0) is 32.6 Å². The molecular formula is C21H38IN7O. The van der Waals surface area contributed by atoms with Crippen molar-refractivity contribution in [2.24, 2.45) is 12.0 Å². The molecule has 9 heteroatoms. The molecule has 0 bridgehead atoms. The van der Waals surface area contributed by atoms with Crippen molar-refractivity contribution in [2.75, 3.05) is 39.3 Å². The van der Waals surface area contributed by atoms with Crippen LogP contribution in [0.4, 0.5) is 0 Å². The van der Waals surface area contributed by atoms with Crippen LogP contribution in [0.5, 0.6) is 0 Å². The van der Waals surface area contributed by atoms with Crippen molar-refractivity contribution in [3.05, 3.63) is 11.6 Å². The van der Waals surface area contributed by atoms with E-state index in [4.69, 9.17) is 9.73 Å². The summed E-state index contributed by atoms with van der Waals surface area (Å²) < 4.78 is 7.82. The average molecular weight is 531 g/mol. The molecule has 0 amide bonds. The first-order valence-corrected chi connectivity index (χ1v) is 11.4. The van der Waals surface area contributed by atoms with Gasteiger partial charge in [0, 0.05) is 52.4 Å². The summed E-state index contributed by atoms with van der Waals surface area (Å²) in [6.07, 6.45) is 9.58. The second kappa shape index (κ2) is 11.6. The van der Waals surface area contributed by atoms with E-state index in [0.29, 0.717) is 12.6 Å². The van der Waals surface area contributed by atoms with Crippen molar-refractivity contribution < 1.29 is 4.74 Å². The van der Waals surface area contributed by atoms with Crippen molar-refractivity contribution in [1.29, 1.82) is 0 Å². The molecule has 2 saturated heterocycles. The molecule has 1 atom stereocenters. The average Bonchev–Trinajstić information content (AvgIpc) is 3.40. The molecule has 1 N–H and O–H groups in total. The Morgan fingerprint density at radius 3 is 2.47 bits per heavy atom. The second-order valence-corrected chi connectivity index (χ2v) is 8.69. The maximum absolute atomic E-state index is 5.80. The SMILES string of the molecule is Cc1nnc(CN=C(NCC2CCCO2)N2CCN(C3CCCCC3)CC2)n1C.I. The summed E-state index contributed by atoms with van der Waals surface area (Å²) >= 11 is 0. The van der Waals surface area contributed by atoms with Gasteiger partial charge in [0.05, 0.1) is 6.10 Å². The first kappa shape index (κ1) is 23.7. The highest BCUT2D eigenvalue weighted by Gasteiger charge is 2.27. The van der Waals surface area contributed by atoms with Gasteiger partial charge >= 0.3 is 0 Å². The lowest BCUT2D eigenvalue weighted by molar-refractivity contribution is 0.101. The highest BCUT2D eigenvalue weighted by Crippen LogP contribution is 2.23. The van der Waals surface area contributed by atoms with E-state index >= 15 is 0 Å². The number of guanidine groups is 1. The second-order valence-electron chi connectivity index (χ2n) is 8.69. The molecule has 1 saturated carbocycles. The fourth-order valence-electron chi connectivity index (χ4n) is 4.76. The third-order valence-corrected chi connectivity index (χ3v) is 6.77. The lowest BCUT2D eigenvalue weighted by Crippen LogP contribution is -2.55. The van der Waals surface area contributed by atoms with Crippen LogP contribution >= 0.6 is 24.0 Å². The number of aryl methyl sites for hydroxylation is 1. The standard InChI is InChI=1S/C21H37N7O.HI/c1-17-24-25-20(26(17)2)16-23-21(22-15-19-9-6-14-29-19)28-12-10-27(11-13-28)18-7-4-3-5-8-18;/h18-19H,3-16H2,1-2H3,(H,22,23);1H. The van der Waals surface area contributed by atoms with Crippen molar-refractivity contribution in [3.8, 4) is 0 Å². The number of halogens is 1. The van der Waals surface area contributed by atoms with Gasteiger partial charge in [0.2, 0.25) is 0 Å². The van der Waals surface area contributed by atoms with Gasteiger partial charge in [-0.25, -0.2) is 4.99 Å². The zero-order chi connectivity index (χ0) is 20.1. The van der Waals surface area contributed by atoms with E-state index in [2.05, 4.69) is 25.3 Å². The quantitative estimate of drug-likeness (QED) is 0.358. The van der Waals surface area contributed by atoms with Gasteiger partial charge in [-0.3, -0.25) is 4.90 Å². The molecule has 1 aromatic rings. The number of hydrogen-bond acceptors (Lipinski definition) is 5. The highest BCUT2D eigenvalue weighted by atomic mass is 127. The van der Waals surface area contributed by atoms with Gasteiger partial charge in [0.25, 0.3) is 0 Å². The maximum atomic E-state index is 5.80. The molecule has 1 aromatic heterocycles. The van der Waals surface area contributed by atoms with Crippen LogP contribution in [0.3, 0.4) is 0 Å². The summed E-state index contributed by atoms with van der Waals surface area (Å²) in [6, 6.07) is 0.799. The van der Waals surface area contributed by atoms with Crippen LogP contribution in [0.1, 0.15) is 56.6 Å². The van der Waals surface area contributed by atoms with Crippen molar-refractivity contribution in [1.82, 2.24) is 29.9 Å². The zero-order valence-corrected chi connectivity index (χ0v) is 20.9. The number of ether oxygens (including phenoxy) is 1. The fourth-order valence-corrected chi connectivity index (χ4v) is 4.76. The molecule has 3 aliphatic rings. The molecule has 8 nitrogen and oxygen atoms in total. The number of hydrogen-bond donors (Lipinski definition) is 1. The molecule has 1 unspecified atom stereocenters. The predicted molar refractivity (Wildman–Crippen MR) is 129 cm³/mol. The Hall–Kier alpha value is -0.940. The monoisotopic (exact) mass is 531 g/mol. The smallest absolute Gasteiger partial charge is 0.194 e. The van der Waals surface area contributed by atoms with Crippen LogP contribution in [0, 0.1) is 6.92 Å². The Morgan fingerprint density at radius 2 is 1.83 bits per heavy atom. The molecule has 0 aromatic carbocycles. The van der Waals surface area contributed by atoms with Crippen LogP contribution in [-0.4, -0.2) is 82.0 Å². The first-order valence-electron chi connectivity index (χ1n) is 11.4. The summed E-state index contributed by atoms with van der Waals surface area (Å²) in [6.45, 7) is 8.58. The van der Waals surface area contributed by atoms with E-state index in [1.165, 1.54) is 32.1 Å². The summed E-state index contributed by atoms with van der Waals surface area (Å²) in [5.41, 5.74) is 0. The van der Waals surface area contributed by atoms with Crippen molar-refractivity contribution in [3.63, 3.8) is 0 Å². The van der Waals surface area contributed by atoms with Crippen LogP contribution in [0.15, 0.2) is 4.99 Å². The Bertz CT molecular complexity index is 675. The molecule has 2 aliphatic heterocycles. The van der Waals surface area contributed by atoms with E-state index in [1.807, 2.05) is 18.5 Å². The first-order chi connectivity index (χ1) is 14.2. The summed E-state index contributed by atoms with van der Waals surface area (Å²) in [5, 5.41) is 12.0. The van der Waals surface area contributed by atoms with E-state index in [-0.39, 0.29) is 24.0 Å². The summed E-state index contributed by atoms with van der Waals surface area (Å²) in [7, 11) is 2.00. The Kier molecular flexibility index (Phi) is 9.18. The molecule has 1 aliphatic carbocycles. The third-order valence-electron chi connectivity index (χ3n) is 6.77. The largest absolute Gasteiger partial charge is 0.376 e. The summed E-state index contributed by atoms with van der Waals surface area (Å²) in [4.78, 5) is 10.0. The van der Waals surface area contributed by atoms with Gasteiger partial charge in [0.1, 0.15) is 12.4 Å². The Labute approximate surface area is 197 Å². The maximum Gasteiger partial charge on any atom is 0.194 e. The minimum absolute atomic E-state index is 0. The number of piperazine rings is 1. The van der Waals surface area contributed by atoms with E-state index in [9.17, 15) is 0 Å². The fraction of sp³-hybridized carbons (Fsp3) is 0.857. The zero-order valence-electron chi connectivity index (χ0n) is 18.6. The van der Waals surface area contributed by atoms with Gasteiger partial charge in [0.15, 0.2) is 11.8 Å². The van der Waals surface area contributed by atoms with Crippen LogP contribution < -0.4 is 5.32 Å². The third kappa shape index (κ3) is 6.06. The molecule has 0 radical (unpaired) electrons. The molecule has 3 fully saturated rings. The lowest BCUT2D eigenvalue weighted by atomic mass is 9.94. The van der Waals surface area contributed by atoms with Crippen LogP contribution in [0.25, 0.3) is 0 Å². The molecule has 4 rings (SSSR count). The van der Waals surface area contributed by atoms with E-state index < -0.39 is 0 Å². The van der Waals surface area contributed by atoms with E-state index in [0.717, 1.165) is 75.8 Å². The summed E-state index contributed by atoms with van der Waals surface area (Å²) in [5.74, 6) is 2.81. The van der Waals surface area contributed by atoms with Gasteiger partial charge in [-0.15, -0.1) is 34.2 Å². The number of nitrogens with one attached hydrogen (secondary N) is 1. The highest BCUT2D eigenvalue weighted by molar-refractivity contribution is 14.0. The number of aromatic nitrogens is 3. The van der Waals surface area contributed by atoms with Crippen LogP contribution in [0.2, 0.25) is 0 Å². The van der Waals surface area contributed by atoms with Gasteiger partial charge in [-0.1, -0.05) is 19.3 Å². The molecule has 3 heterocycles. The van der Waals surface area contributed by atoms with Crippen molar-refractivity contribution >= 4 is 29.9 Å². The molecular weight excluding hydrogens is 493 g/mol. The number of aliphatic imine (C=N–C) groups is 1. The molecule has 0 spiro atoms. The lowest BCUT2D eigenvalue weighted by Gasteiger charge is -2.41. The molecule has 170 valence electrons. The predicted octanol–water partition coefficient (Wildman–Crippen LogP) is 2.32. The molecule has 30 heavy (non-hydrogen) atoms. The van der Waals surface area contributed by atoms with Crippen molar-refractivity contribution in [2.45, 2.75) is 70.6 Å². The number of nitrogens with zero attached hydrogens (tertiary/aromatic N) is 6. The van der Waals surface area contributed by atoms with Gasteiger partial charge < -0.3 is 19.5 Å². The van der Waals surface area contributed by atoms with Gasteiger partial charge in [-0.2, -0.15) is 0 Å². The topological polar surface area (TPSA) is 70.8 Å². The Morgan fingerprint density at radius 1 is 1.07 bits per heavy atom. The minimum Gasteiger partial charge on any atom is -0.376 e. The normalized spacial score (nSPS) is 24.1.